The number of carbonyl (C=O) groups is 1. The fourth-order valence-corrected chi connectivity index (χ4v) is 5.80. The zero-order chi connectivity index (χ0) is 20.5. The molecule has 2 N–H and O–H groups in total. The topological polar surface area (TPSA) is 69.7 Å². The molecule has 0 unspecified atom stereocenters. The minimum atomic E-state index is 0.0337. The Bertz CT molecular complexity index is 963. The number of hydrogen-bond acceptors (Lipinski definition) is 5. The van der Waals surface area contributed by atoms with Crippen LogP contribution in [0, 0.1) is 0 Å². The number of nitrogens with one attached hydrogen (secondary N) is 2. The fraction of sp³-hybridized carbons (Fsp3) is 0.545. The average molecular weight is 447 g/mol. The van der Waals surface area contributed by atoms with Crippen LogP contribution in [-0.2, 0) is 9.53 Å². The van der Waals surface area contributed by atoms with E-state index in [-0.39, 0.29) is 11.9 Å². The van der Waals surface area contributed by atoms with Crippen LogP contribution in [0.15, 0.2) is 23.2 Å². The highest BCUT2D eigenvalue weighted by Gasteiger charge is 2.26. The smallest absolute Gasteiger partial charge is 0.224 e. The lowest BCUT2D eigenvalue weighted by atomic mass is 10.2. The number of fused-ring (bicyclic) bond motifs is 1. The molecule has 160 valence electrons. The van der Waals surface area contributed by atoms with Crippen LogP contribution >= 0.6 is 23.4 Å². The van der Waals surface area contributed by atoms with Crippen molar-refractivity contribution in [2.45, 2.75) is 44.2 Å². The van der Waals surface area contributed by atoms with E-state index < -0.39 is 0 Å². The fourth-order valence-electron chi connectivity index (χ4n) is 4.54. The number of hydrogen-bond donors (Lipinski definition) is 2. The van der Waals surface area contributed by atoms with Crippen LogP contribution in [-0.4, -0.2) is 65.0 Å². The summed E-state index contributed by atoms with van der Waals surface area (Å²) in [6.45, 7) is 2.65. The largest absolute Gasteiger partial charge is 0.381 e. The Morgan fingerprint density at radius 2 is 2.07 bits per heavy atom. The molecule has 1 atom stereocenters. The average Bonchev–Trinajstić information content (AvgIpc) is 3.49. The summed E-state index contributed by atoms with van der Waals surface area (Å²) < 4.78 is 5.34. The Morgan fingerprint density at radius 1 is 1.27 bits per heavy atom. The van der Waals surface area contributed by atoms with Gasteiger partial charge < -0.3 is 19.9 Å². The van der Waals surface area contributed by atoms with Crippen molar-refractivity contribution in [2.24, 2.45) is 4.99 Å². The molecule has 0 spiro atoms. The molecule has 1 saturated carbocycles. The van der Waals surface area contributed by atoms with Gasteiger partial charge in [0.05, 0.1) is 42.6 Å². The summed E-state index contributed by atoms with van der Waals surface area (Å²) in [5.41, 5.74) is 3.16. The van der Waals surface area contributed by atoms with Gasteiger partial charge >= 0.3 is 0 Å². The number of thioether (sulfide) groups is 1. The standard InChI is InChI=1S/C22H27ClN4O2S/c23-15-9-14-10-19(26-21(14)18(11-15)24-16-3-1-2-4-16)22-25-17(13-30-22)12-20(28)27-5-7-29-8-6-27/h9-11,16-17,24,26H,1-8,12-13H2/t17-/m1/s1. The number of rotatable bonds is 5. The first-order valence-corrected chi connectivity index (χ1v) is 12.2. The number of aromatic nitrogens is 1. The molecule has 1 aliphatic carbocycles. The minimum absolute atomic E-state index is 0.0337. The molecule has 30 heavy (non-hydrogen) atoms. The highest BCUT2D eigenvalue weighted by atomic mass is 35.5. The quantitative estimate of drug-likeness (QED) is 0.718. The van der Waals surface area contributed by atoms with Crippen LogP contribution in [0.25, 0.3) is 10.9 Å². The molecule has 2 aromatic rings. The molecule has 8 heteroatoms. The molecule has 3 aliphatic rings. The maximum absolute atomic E-state index is 12.5. The molecule has 2 fully saturated rings. The van der Waals surface area contributed by atoms with Gasteiger partial charge in [-0.15, -0.1) is 11.8 Å². The highest BCUT2D eigenvalue weighted by molar-refractivity contribution is 8.14. The second-order valence-electron chi connectivity index (χ2n) is 8.32. The van der Waals surface area contributed by atoms with E-state index in [9.17, 15) is 4.79 Å². The van der Waals surface area contributed by atoms with Gasteiger partial charge in [0.15, 0.2) is 0 Å². The van der Waals surface area contributed by atoms with Gasteiger partial charge in [0.25, 0.3) is 0 Å². The molecular formula is C22H27ClN4O2S. The van der Waals surface area contributed by atoms with Crippen LogP contribution < -0.4 is 5.32 Å². The molecule has 5 rings (SSSR count). The number of halogens is 1. The van der Waals surface area contributed by atoms with Gasteiger partial charge in [-0.2, -0.15) is 0 Å². The Kier molecular flexibility index (Phi) is 5.94. The van der Waals surface area contributed by atoms with Crippen molar-refractivity contribution in [1.29, 1.82) is 0 Å². The van der Waals surface area contributed by atoms with E-state index in [1.807, 2.05) is 17.0 Å². The van der Waals surface area contributed by atoms with Crippen molar-refractivity contribution >= 4 is 50.9 Å². The Balaban J connectivity index is 1.33. The molecule has 3 heterocycles. The third kappa shape index (κ3) is 4.34. The van der Waals surface area contributed by atoms with Gasteiger partial charge in [-0.1, -0.05) is 24.4 Å². The van der Waals surface area contributed by atoms with E-state index in [1.54, 1.807) is 11.8 Å². The number of carbonyl (C=O) groups excluding carboxylic acids is 1. The zero-order valence-corrected chi connectivity index (χ0v) is 18.5. The third-order valence-corrected chi connectivity index (χ3v) is 7.49. The lowest BCUT2D eigenvalue weighted by molar-refractivity contribution is -0.135. The normalized spacial score (nSPS) is 22.6. The molecule has 6 nitrogen and oxygen atoms in total. The predicted octanol–water partition coefficient (Wildman–Crippen LogP) is 4.29. The van der Waals surface area contributed by atoms with E-state index in [2.05, 4.69) is 16.4 Å². The lowest BCUT2D eigenvalue weighted by Gasteiger charge is -2.27. The first kappa shape index (κ1) is 20.2. The monoisotopic (exact) mass is 446 g/mol. The summed E-state index contributed by atoms with van der Waals surface area (Å²) in [5.74, 6) is 1.02. The predicted molar refractivity (Wildman–Crippen MR) is 124 cm³/mol. The number of nitrogens with zero attached hydrogens (tertiary/aromatic N) is 2. The lowest BCUT2D eigenvalue weighted by Crippen LogP contribution is -2.41. The first-order valence-electron chi connectivity index (χ1n) is 10.8. The summed E-state index contributed by atoms with van der Waals surface area (Å²) in [5, 5.41) is 6.49. The maximum atomic E-state index is 12.5. The Labute approximate surface area is 185 Å². The number of amides is 1. The zero-order valence-electron chi connectivity index (χ0n) is 17.0. The third-order valence-electron chi connectivity index (χ3n) is 6.12. The molecule has 2 aliphatic heterocycles. The maximum Gasteiger partial charge on any atom is 0.224 e. The number of aromatic amines is 1. The van der Waals surface area contributed by atoms with Gasteiger partial charge in [-0.25, -0.2) is 0 Å². The van der Waals surface area contributed by atoms with Crippen molar-refractivity contribution in [3.05, 3.63) is 28.9 Å². The van der Waals surface area contributed by atoms with Crippen molar-refractivity contribution < 1.29 is 9.53 Å². The Morgan fingerprint density at radius 3 is 2.87 bits per heavy atom. The molecule has 1 amide bonds. The molecule has 0 radical (unpaired) electrons. The number of morpholine rings is 1. The van der Waals surface area contributed by atoms with Gasteiger partial charge in [0.1, 0.15) is 5.04 Å². The van der Waals surface area contributed by atoms with Crippen molar-refractivity contribution in [3.63, 3.8) is 0 Å². The minimum Gasteiger partial charge on any atom is -0.381 e. The summed E-state index contributed by atoms with van der Waals surface area (Å²) >= 11 is 8.11. The van der Waals surface area contributed by atoms with E-state index in [0.717, 1.165) is 38.1 Å². The molecule has 1 aromatic carbocycles. The number of H-pyrrole nitrogens is 1. The van der Waals surface area contributed by atoms with E-state index >= 15 is 0 Å². The van der Waals surface area contributed by atoms with Crippen LogP contribution in [0.5, 0.6) is 0 Å². The SMILES string of the molecule is O=C(C[C@@H]1CSC(c2cc3cc(Cl)cc(NC4CCCC4)c3[nH]2)=N1)N1CCOCC1. The van der Waals surface area contributed by atoms with Crippen LogP contribution in [0.4, 0.5) is 5.69 Å². The summed E-state index contributed by atoms with van der Waals surface area (Å²) in [6.07, 6.45) is 5.47. The number of aliphatic imine (C=N–C) groups is 1. The highest BCUT2D eigenvalue weighted by Crippen LogP contribution is 2.33. The second kappa shape index (κ2) is 8.81. The number of anilines is 1. The molecule has 1 saturated heterocycles. The van der Waals surface area contributed by atoms with Gasteiger partial charge in [0, 0.05) is 35.3 Å². The van der Waals surface area contributed by atoms with Gasteiger partial charge in [0.2, 0.25) is 5.91 Å². The van der Waals surface area contributed by atoms with Gasteiger partial charge in [-0.3, -0.25) is 9.79 Å². The van der Waals surface area contributed by atoms with Gasteiger partial charge in [-0.05, 0) is 31.0 Å². The van der Waals surface area contributed by atoms with Crippen LogP contribution in [0.2, 0.25) is 5.02 Å². The molecule has 1 aromatic heterocycles. The Hall–Kier alpha value is -1.70. The second-order valence-corrected chi connectivity index (χ2v) is 9.77. The number of ether oxygens (including phenoxy) is 1. The summed E-state index contributed by atoms with van der Waals surface area (Å²) in [4.78, 5) is 22.9. The van der Waals surface area contributed by atoms with Crippen molar-refractivity contribution in [3.8, 4) is 0 Å². The van der Waals surface area contributed by atoms with E-state index in [4.69, 9.17) is 21.3 Å². The van der Waals surface area contributed by atoms with Crippen molar-refractivity contribution in [1.82, 2.24) is 9.88 Å². The van der Waals surface area contributed by atoms with Crippen molar-refractivity contribution in [2.75, 3.05) is 37.4 Å². The summed E-state index contributed by atoms with van der Waals surface area (Å²) in [6, 6.07) is 6.68. The first-order chi connectivity index (χ1) is 14.7. The molecular weight excluding hydrogens is 420 g/mol. The van der Waals surface area contributed by atoms with E-state index in [0.29, 0.717) is 38.8 Å². The summed E-state index contributed by atoms with van der Waals surface area (Å²) in [7, 11) is 0. The molecule has 0 bridgehead atoms. The number of benzene rings is 1. The van der Waals surface area contributed by atoms with E-state index in [1.165, 1.54) is 25.7 Å². The van der Waals surface area contributed by atoms with Crippen LogP contribution in [0.3, 0.4) is 0 Å². The van der Waals surface area contributed by atoms with Crippen LogP contribution in [0.1, 0.15) is 37.8 Å².